The smallest absolute Gasteiger partial charge is 0.258 e. The summed E-state index contributed by atoms with van der Waals surface area (Å²) in [6.45, 7) is 2.25. The van der Waals surface area contributed by atoms with Crippen molar-refractivity contribution in [2.24, 2.45) is 0 Å². The van der Waals surface area contributed by atoms with E-state index in [9.17, 15) is 13.2 Å². The van der Waals surface area contributed by atoms with Crippen LogP contribution in [-0.2, 0) is 10.0 Å². The average Bonchev–Trinajstić information content (AvgIpc) is 2.84. The highest BCUT2D eigenvalue weighted by molar-refractivity contribution is 7.89. The molecule has 172 valence electrons. The number of ether oxygens (including phenoxy) is 1. The molecule has 1 heterocycles. The number of para-hydroxylation sites is 1. The lowest BCUT2D eigenvalue weighted by atomic mass is 10.2. The quantitative estimate of drug-likeness (QED) is 0.555. The zero-order chi connectivity index (χ0) is 23.4. The Hall–Kier alpha value is -3.20. The van der Waals surface area contributed by atoms with E-state index in [1.54, 1.807) is 49.5 Å². The molecule has 3 aromatic carbocycles. The highest BCUT2D eigenvalue weighted by Gasteiger charge is 2.28. The predicted octanol–water partition coefficient (Wildman–Crippen LogP) is 3.69. The number of hydrogen-bond acceptors (Lipinski definition) is 5. The van der Waals surface area contributed by atoms with Gasteiger partial charge in [-0.25, -0.2) is 8.42 Å². The lowest BCUT2D eigenvalue weighted by Crippen LogP contribution is -2.47. The van der Waals surface area contributed by atoms with E-state index in [4.69, 9.17) is 4.74 Å². The van der Waals surface area contributed by atoms with Crippen molar-refractivity contribution in [2.75, 3.05) is 45.2 Å². The van der Waals surface area contributed by atoms with Crippen LogP contribution in [0.4, 0.5) is 5.69 Å². The van der Waals surface area contributed by atoms with Crippen LogP contribution in [0.15, 0.2) is 83.8 Å². The van der Waals surface area contributed by atoms with Crippen molar-refractivity contribution >= 4 is 21.6 Å². The number of nitrogens with zero attached hydrogens (tertiary/aromatic N) is 3. The van der Waals surface area contributed by atoms with Crippen LogP contribution in [0.2, 0.25) is 0 Å². The van der Waals surface area contributed by atoms with Gasteiger partial charge in [0.2, 0.25) is 10.0 Å². The van der Waals surface area contributed by atoms with Crippen LogP contribution in [0.3, 0.4) is 0 Å². The molecule has 3 aromatic rings. The van der Waals surface area contributed by atoms with Gasteiger partial charge in [0.15, 0.2) is 0 Å². The largest absolute Gasteiger partial charge is 0.457 e. The maximum absolute atomic E-state index is 13.1. The second-order valence-electron chi connectivity index (χ2n) is 8.01. The molecule has 0 aliphatic carbocycles. The molecule has 0 spiro atoms. The summed E-state index contributed by atoms with van der Waals surface area (Å²) in [7, 11) is -0.0124. The molecular weight excluding hydrogens is 438 g/mol. The van der Waals surface area contributed by atoms with E-state index in [0.29, 0.717) is 43.2 Å². The Morgan fingerprint density at radius 1 is 0.848 bits per heavy atom. The first-order chi connectivity index (χ1) is 15.8. The zero-order valence-electron chi connectivity index (χ0n) is 18.7. The molecule has 0 unspecified atom stereocenters. The molecule has 1 aliphatic rings. The molecule has 0 saturated carbocycles. The van der Waals surface area contributed by atoms with Crippen molar-refractivity contribution in [3.05, 3.63) is 84.4 Å². The van der Waals surface area contributed by atoms with E-state index in [2.05, 4.69) is 4.90 Å². The highest BCUT2D eigenvalue weighted by Crippen LogP contribution is 2.25. The average molecular weight is 466 g/mol. The summed E-state index contributed by atoms with van der Waals surface area (Å²) < 4.78 is 33.4. The maximum atomic E-state index is 13.1. The molecule has 0 atom stereocenters. The van der Waals surface area contributed by atoms with Gasteiger partial charge in [-0.1, -0.05) is 24.3 Å². The summed E-state index contributed by atoms with van der Waals surface area (Å²) in [5.41, 5.74) is 0.991. The molecule has 0 bridgehead atoms. The van der Waals surface area contributed by atoms with Crippen LogP contribution in [0.5, 0.6) is 11.5 Å². The van der Waals surface area contributed by atoms with Crippen LogP contribution >= 0.6 is 0 Å². The Morgan fingerprint density at radius 2 is 1.48 bits per heavy atom. The van der Waals surface area contributed by atoms with E-state index in [1.165, 1.54) is 15.3 Å². The number of carbonyl (C=O) groups excluding carboxylic acids is 1. The van der Waals surface area contributed by atoms with Gasteiger partial charge in [0.05, 0.1) is 4.90 Å². The molecular formula is C25H27N3O4S. The number of amides is 1. The number of anilines is 1. The van der Waals surface area contributed by atoms with Crippen LogP contribution < -0.4 is 9.64 Å². The van der Waals surface area contributed by atoms with Gasteiger partial charge in [-0.05, 0) is 61.6 Å². The Balaban J connectivity index is 1.49. The van der Waals surface area contributed by atoms with Gasteiger partial charge in [0.25, 0.3) is 5.91 Å². The van der Waals surface area contributed by atoms with E-state index < -0.39 is 10.0 Å². The van der Waals surface area contributed by atoms with Gasteiger partial charge in [-0.3, -0.25) is 4.79 Å². The summed E-state index contributed by atoms with van der Waals surface area (Å²) in [6, 6.07) is 22.9. The third-order valence-corrected chi connectivity index (χ3v) is 7.58. The van der Waals surface area contributed by atoms with Crippen molar-refractivity contribution in [3.63, 3.8) is 0 Å². The molecule has 1 aliphatic heterocycles. The minimum absolute atomic E-state index is 0.137. The molecule has 7 nitrogen and oxygen atoms in total. The number of benzene rings is 3. The number of likely N-dealkylation sites (N-methyl/N-ethyl adjacent to an activating group) is 1. The van der Waals surface area contributed by atoms with E-state index in [0.717, 1.165) is 5.75 Å². The summed E-state index contributed by atoms with van der Waals surface area (Å²) in [6.07, 6.45) is 0. The van der Waals surface area contributed by atoms with Gasteiger partial charge in [-0.2, -0.15) is 4.31 Å². The normalized spacial score (nSPS) is 15.2. The van der Waals surface area contributed by atoms with E-state index >= 15 is 0 Å². The van der Waals surface area contributed by atoms with Gasteiger partial charge in [0.1, 0.15) is 11.5 Å². The summed E-state index contributed by atoms with van der Waals surface area (Å²) in [5, 5.41) is 0. The van der Waals surface area contributed by atoms with Crippen molar-refractivity contribution in [2.45, 2.75) is 4.90 Å². The molecule has 1 fully saturated rings. The third-order valence-electron chi connectivity index (χ3n) is 5.69. The lowest BCUT2D eigenvalue weighted by molar-refractivity contribution is 0.0992. The Bertz CT molecular complexity index is 1210. The SMILES string of the molecule is CN1CCN(S(=O)(=O)c2cccc(C(=O)N(C)c3ccc(Oc4ccccc4)cc3)c2)CC1. The standard InChI is InChI=1S/C25H27N3O4S/c1-26-15-17-28(18-16-26)33(30,31)24-10-6-7-20(19-24)25(29)27(2)21-11-13-23(14-12-21)32-22-8-4-3-5-9-22/h3-14,19H,15-18H2,1-2H3. The predicted molar refractivity (Wildman–Crippen MR) is 128 cm³/mol. The van der Waals surface area contributed by atoms with Crippen molar-refractivity contribution in [1.29, 1.82) is 0 Å². The second kappa shape index (κ2) is 9.74. The molecule has 8 heteroatoms. The molecule has 1 amide bonds. The number of carbonyl (C=O) groups is 1. The van der Waals surface area contributed by atoms with Crippen LogP contribution in [0.25, 0.3) is 0 Å². The Kier molecular flexibility index (Phi) is 6.78. The van der Waals surface area contributed by atoms with Gasteiger partial charge < -0.3 is 14.5 Å². The first-order valence-electron chi connectivity index (χ1n) is 10.7. The fourth-order valence-electron chi connectivity index (χ4n) is 3.64. The summed E-state index contributed by atoms with van der Waals surface area (Å²) in [4.78, 5) is 16.8. The zero-order valence-corrected chi connectivity index (χ0v) is 19.5. The van der Waals surface area contributed by atoms with E-state index in [-0.39, 0.29) is 10.8 Å². The molecule has 0 aromatic heterocycles. The summed E-state index contributed by atoms with van der Waals surface area (Å²) in [5.74, 6) is 1.10. The fraction of sp³-hybridized carbons (Fsp3) is 0.240. The van der Waals surface area contributed by atoms with Crippen LogP contribution in [0, 0.1) is 0 Å². The van der Waals surface area contributed by atoms with Crippen molar-refractivity contribution in [1.82, 2.24) is 9.21 Å². The van der Waals surface area contributed by atoms with Crippen LogP contribution in [0.1, 0.15) is 10.4 Å². The highest BCUT2D eigenvalue weighted by atomic mass is 32.2. The fourth-order valence-corrected chi connectivity index (χ4v) is 5.11. The van der Waals surface area contributed by atoms with Crippen molar-refractivity contribution in [3.8, 4) is 11.5 Å². The minimum Gasteiger partial charge on any atom is -0.457 e. The first-order valence-corrected chi connectivity index (χ1v) is 12.2. The van der Waals surface area contributed by atoms with Gasteiger partial charge in [0, 0.05) is 44.5 Å². The monoisotopic (exact) mass is 465 g/mol. The molecule has 4 rings (SSSR count). The number of rotatable bonds is 6. The van der Waals surface area contributed by atoms with Crippen molar-refractivity contribution < 1.29 is 17.9 Å². The number of sulfonamides is 1. The second-order valence-corrected chi connectivity index (χ2v) is 9.95. The molecule has 0 N–H and O–H groups in total. The molecule has 0 radical (unpaired) electrons. The van der Waals surface area contributed by atoms with Crippen LogP contribution in [-0.4, -0.2) is 63.8 Å². The number of piperazine rings is 1. The summed E-state index contributed by atoms with van der Waals surface area (Å²) >= 11 is 0. The van der Waals surface area contributed by atoms with Gasteiger partial charge >= 0.3 is 0 Å². The number of hydrogen-bond donors (Lipinski definition) is 0. The maximum Gasteiger partial charge on any atom is 0.258 e. The lowest BCUT2D eigenvalue weighted by Gasteiger charge is -2.31. The van der Waals surface area contributed by atoms with E-state index in [1.807, 2.05) is 37.4 Å². The Morgan fingerprint density at radius 3 is 2.15 bits per heavy atom. The topological polar surface area (TPSA) is 70.2 Å². The first kappa shape index (κ1) is 23.0. The third kappa shape index (κ3) is 5.24. The Labute approximate surface area is 194 Å². The van der Waals surface area contributed by atoms with Gasteiger partial charge in [-0.15, -0.1) is 0 Å². The minimum atomic E-state index is -3.65. The molecule has 33 heavy (non-hydrogen) atoms. The molecule has 1 saturated heterocycles.